The van der Waals surface area contributed by atoms with Crippen LogP contribution in [0.2, 0.25) is 0 Å². The van der Waals surface area contributed by atoms with E-state index in [1.165, 1.54) is 0 Å². The molecule has 16 nitrogen and oxygen atoms in total. The monoisotopic (exact) mass is 571 g/mol. The maximum absolute atomic E-state index is 13.3. The highest BCUT2D eigenvalue weighted by Crippen LogP contribution is 2.12. The van der Waals surface area contributed by atoms with Crippen LogP contribution in [0, 0.1) is 11.8 Å². The Morgan fingerprint density at radius 2 is 1.45 bits per heavy atom. The average molecular weight is 572 g/mol. The molecule has 0 aliphatic carbocycles. The molecule has 16 heteroatoms. The molecule has 0 saturated carbocycles. The second kappa shape index (κ2) is 18.4. The first-order valence-corrected chi connectivity index (χ1v) is 13.1. The zero-order valence-electron chi connectivity index (χ0n) is 23.6. The fourth-order valence-electron chi connectivity index (χ4n) is 3.55. The van der Waals surface area contributed by atoms with Gasteiger partial charge in [-0.2, -0.15) is 0 Å². The Morgan fingerprint density at radius 1 is 0.850 bits per heavy atom. The van der Waals surface area contributed by atoms with Gasteiger partial charge >= 0.3 is 5.97 Å². The van der Waals surface area contributed by atoms with E-state index in [0.717, 1.165) is 0 Å². The highest BCUT2D eigenvalue weighted by Gasteiger charge is 2.33. The fraction of sp³-hybridized carbons (Fsp3) is 0.708. The number of rotatable bonds is 19. The number of carbonyl (C=O) groups excluding carboxylic acids is 5. The second-order valence-electron chi connectivity index (χ2n) is 9.96. The predicted molar refractivity (Wildman–Crippen MR) is 147 cm³/mol. The molecule has 0 radical (unpaired) electrons. The number of aliphatic carboxylic acids is 1. The standard InChI is InChI=1S/C24H45N9O7/c1-5-13(4)19(33-20(37)14(25)10-18(35)36)23(40)32-16(9-12(2)3)22(39)31-15(7-6-8-29-24(27)28)21(38)30-11-17(26)34/h12-16,19H,5-11,25H2,1-4H3,(H2,26,34)(H,30,38)(H,31,39)(H,32,40)(H,33,37)(H,35,36)(H4,27,28,29)/t13-,14-,15-,16-,19-/m0/s1. The van der Waals surface area contributed by atoms with E-state index in [4.69, 9.17) is 28.0 Å². The number of nitrogens with one attached hydrogen (secondary N) is 4. The summed E-state index contributed by atoms with van der Waals surface area (Å²) in [6.45, 7) is 6.91. The van der Waals surface area contributed by atoms with Gasteiger partial charge in [0.25, 0.3) is 0 Å². The third-order valence-electron chi connectivity index (χ3n) is 5.88. The third-order valence-corrected chi connectivity index (χ3v) is 5.88. The summed E-state index contributed by atoms with van der Waals surface area (Å²) in [4.78, 5) is 77.5. The highest BCUT2D eigenvalue weighted by atomic mass is 16.4. The van der Waals surface area contributed by atoms with Crippen LogP contribution in [0.3, 0.4) is 0 Å². The first kappa shape index (κ1) is 36.0. The van der Waals surface area contributed by atoms with E-state index in [9.17, 15) is 28.8 Å². The highest BCUT2D eigenvalue weighted by molar-refractivity contribution is 5.95. The van der Waals surface area contributed by atoms with Gasteiger partial charge in [0.05, 0.1) is 19.0 Å². The molecule has 0 fully saturated rings. The van der Waals surface area contributed by atoms with Crippen LogP contribution in [-0.4, -0.2) is 83.8 Å². The minimum Gasteiger partial charge on any atom is -0.481 e. The second-order valence-corrected chi connectivity index (χ2v) is 9.96. The van der Waals surface area contributed by atoms with Crippen LogP contribution in [0.15, 0.2) is 4.99 Å². The fourth-order valence-corrected chi connectivity index (χ4v) is 3.55. The Kier molecular flexibility index (Phi) is 16.5. The molecule has 0 aromatic carbocycles. The Morgan fingerprint density at radius 3 is 1.95 bits per heavy atom. The summed E-state index contributed by atoms with van der Waals surface area (Å²) in [5, 5.41) is 19.0. The van der Waals surface area contributed by atoms with Crippen molar-refractivity contribution < 1.29 is 33.9 Å². The predicted octanol–water partition coefficient (Wildman–Crippen LogP) is -3.01. The van der Waals surface area contributed by atoms with Gasteiger partial charge in [-0.25, -0.2) is 0 Å². The number of hydrogen-bond acceptors (Lipinski definition) is 8. The molecule has 228 valence electrons. The van der Waals surface area contributed by atoms with E-state index >= 15 is 0 Å². The molecule has 0 spiro atoms. The molecule has 0 heterocycles. The molecule has 0 unspecified atom stereocenters. The number of amides is 5. The van der Waals surface area contributed by atoms with Crippen molar-refractivity contribution in [2.75, 3.05) is 13.1 Å². The van der Waals surface area contributed by atoms with Crippen molar-refractivity contribution >= 4 is 41.5 Å². The first-order chi connectivity index (χ1) is 18.6. The Hall–Kier alpha value is -3.95. The van der Waals surface area contributed by atoms with Crippen LogP contribution in [0.1, 0.15) is 59.8 Å². The summed E-state index contributed by atoms with van der Waals surface area (Å²) in [7, 11) is 0. The normalized spacial score (nSPS) is 14.6. The molecular formula is C24H45N9O7. The average Bonchev–Trinajstić information content (AvgIpc) is 2.85. The Balaban J connectivity index is 5.78. The van der Waals surface area contributed by atoms with Crippen LogP contribution in [0.4, 0.5) is 0 Å². The minimum atomic E-state index is -1.37. The van der Waals surface area contributed by atoms with Gasteiger partial charge in [0.2, 0.25) is 29.5 Å². The Bertz CT molecular complexity index is 922. The lowest BCUT2D eigenvalue weighted by Crippen LogP contribution is -2.59. The van der Waals surface area contributed by atoms with Gasteiger partial charge in [0.15, 0.2) is 5.96 Å². The zero-order chi connectivity index (χ0) is 31.0. The maximum atomic E-state index is 13.3. The van der Waals surface area contributed by atoms with Gasteiger partial charge in [-0.1, -0.05) is 34.1 Å². The molecule has 0 aliphatic rings. The van der Waals surface area contributed by atoms with Crippen molar-refractivity contribution in [2.24, 2.45) is 39.8 Å². The molecule has 0 bridgehead atoms. The third kappa shape index (κ3) is 14.8. The lowest BCUT2D eigenvalue weighted by molar-refractivity contribution is -0.140. The van der Waals surface area contributed by atoms with E-state index in [-0.39, 0.29) is 37.2 Å². The number of guanidine groups is 1. The minimum absolute atomic E-state index is 0.0549. The number of primary amides is 1. The molecule has 13 N–H and O–H groups in total. The molecule has 40 heavy (non-hydrogen) atoms. The van der Waals surface area contributed by atoms with Crippen molar-refractivity contribution in [1.82, 2.24) is 21.3 Å². The van der Waals surface area contributed by atoms with Crippen molar-refractivity contribution in [3.8, 4) is 0 Å². The molecule has 0 rings (SSSR count). The van der Waals surface area contributed by atoms with Gasteiger partial charge in [-0.3, -0.25) is 33.8 Å². The van der Waals surface area contributed by atoms with E-state index in [1.807, 2.05) is 13.8 Å². The van der Waals surface area contributed by atoms with Crippen LogP contribution in [0.25, 0.3) is 0 Å². The lowest BCUT2D eigenvalue weighted by Gasteiger charge is -2.28. The molecule has 0 aromatic rings. The van der Waals surface area contributed by atoms with Gasteiger partial charge < -0.3 is 49.3 Å². The van der Waals surface area contributed by atoms with Crippen molar-refractivity contribution in [3.05, 3.63) is 0 Å². The number of carboxylic acids is 1. The SMILES string of the molecule is CC[C@H](C)[C@H](NC(=O)[C@@H](N)CC(=O)O)C(=O)N[C@@H](CC(C)C)C(=O)N[C@@H](CCCN=C(N)N)C(=O)NCC(N)=O. The Labute approximate surface area is 233 Å². The van der Waals surface area contributed by atoms with Gasteiger partial charge in [0.1, 0.15) is 18.1 Å². The molecular weight excluding hydrogens is 526 g/mol. The van der Waals surface area contributed by atoms with E-state index in [0.29, 0.717) is 12.8 Å². The molecule has 5 atom stereocenters. The molecule has 0 saturated heterocycles. The van der Waals surface area contributed by atoms with Crippen LogP contribution in [-0.2, 0) is 28.8 Å². The number of nitrogens with zero attached hydrogens (tertiary/aromatic N) is 1. The number of nitrogens with two attached hydrogens (primary N) is 4. The molecule has 0 aromatic heterocycles. The topological polar surface area (TPSA) is 287 Å². The van der Waals surface area contributed by atoms with Crippen molar-refractivity contribution in [2.45, 2.75) is 84.0 Å². The molecule has 0 aliphatic heterocycles. The van der Waals surface area contributed by atoms with Crippen LogP contribution < -0.4 is 44.2 Å². The maximum Gasteiger partial charge on any atom is 0.305 e. The summed E-state index contributed by atoms with van der Waals surface area (Å²) in [6, 6.07) is -4.65. The molecule has 5 amide bonds. The first-order valence-electron chi connectivity index (χ1n) is 13.1. The van der Waals surface area contributed by atoms with Crippen LogP contribution in [0.5, 0.6) is 0 Å². The largest absolute Gasteiger partial charge is 0.481 e. The van der Waals surface area contributed by atoms with Crippen molar-refractivity contribution in [1.29, 1.82) is 0 Å². The smallest absolute Gasteiger partial charge is 0.305 e. The number of hydrogen-bond donors (Lipinski definition) is 9. The van der Waals surface area contributed by atoms with Crippen molar-refractivity contribution in [3.63, 3.8) is 0 Å². The van der Waals surface area contributed by atoms with E-state index < -0.39 is 72.6 Å². The van der Waals surface area contributed by atoms with Gasteiger partial charge in [-0.05, 0) is 31.1 Å². The number of carboxylic acid groups (broad SMARTS) is 1. The van der Waals surface area contributed by atoms with Gasteiger partial charge in [-0.15, -0.1) is 0 Å². The quantitative estimate of drug-likeness (QED) is 0.0430. The number of aliphatic imine (C=N–C) groups is 1. The zero-order valence-corrected chi connectivity index (χ0v) is 23.6. The summed E-state index contributed by atoms with van der Waals surface area (Å²) in [5.41, 5.74) is 21.4. The van der Waals surface area contributed by atoms with Gasteiger partial charge in [0, 0.05) is 6.54 Å². The summed E-state index contributed by atoms with van der Waals surface area (Å²) in [6.07, 6.45) is 0.475. The summed E-state index contributed by atoms with van der Waals surface area (Å²) >= 11 is 0. The van der Waals surface area contributed by atoms with E-state index in [2.05, 4.69) is 26.3 Å². The van der Waals surface area contributed by atoms with E-state index in [1.54, 1.807) is 13.8 Å². The summed E-state index contributed by atoms with van der Waals surface area (Å²) in [5.74, 6) is -5.44. The number of carbonyl (C=O) groups is 6. The lowest BCUT2D eigenvalue weighted by atomic mass is 9.96. The summed E-state index contributed by atoms with van der Waals surface area (Å²) < 4.78 is 0. The van der Waals surface area contributed by atoms with Crippen LogP contribution >= 0.6 is 0 Å².